The predicted octanol–water partition coefficient (Wildman–Crippen LogP) is 5.13. The minimum Gasteiger partial charge on any atom is -0.440 e. The number of amides is 2. The molecule has 0 radical (unpaired) electrons. The van der Waals surface area contributed by atoms with Crippen LogP contribution in [-0.2, 0) is 11.2 Å². The van der Waals surface area contributed by atoms with E-state index in [1.165, 1.54) is 0 Å². The van der Waals surface area contributed by atoms with E-state index < -0.39 is 24.5 Å². The first-order valence-electron chi connectivity index (χ1n) is 11.4. The number of carbonyl (C=O) groups excluding carboxylic acids is 3. The minimum atomic E-state index is -0.572. The zero-order chi connectivity index (χ0) is 23.9. The van der Waals surface area contributed by atoms with Crippen LogP contribution in [-0.4, -0.2) is 34.4 Å². The standard InChI is InChI=1S/C29H20N2O4/c32-27-20-10-4-5-11-21(20)28(33)31(27)17-35-29(34)25-22-12-6-7-13-24(22)30-26-19(14-15-23(25)26)16-18-8-2-1-3-9-18/h1-13,16H,14-15,17H2. The second-order valence-electron chi connectivity index (χ2n) is 8.56. The highest BCUT2D eigenvalue weighted by Gasteiger charge is 2.36. The van der Waals surface area contributed by atoms with Crippen LogP contribution in [0.1, 0.15) is 54.3 Å². The number of carbonyl (C=O) groups is 3. The highest BCUT2D eigenvalue weighted by molar-refractivity contribution is 6.21. The zero-order valence-corrected chi connectivity index (χ0v) is 18.7. The molecule has 1 aromatic heterocycles. The topological polar surface area (TPSA) is 76.6 Å². The number of pyridine rings is 1. The quantitative estimate of drug-likeness (QED) is 0.312. The molecule has 6 nitrogen and oxygen atoms in total. The Kier molecular flexibility index (Phi) is 4.99. The number of aromatic nitrogens is 1. The Morgan fingerprint density at radius 3 is 2.26 bits per heavy atom. The summed E-state index contributed by atoms with van der Waals surface area (Å²) in [4.78, 5) is 44.6. The molecule has 3 aromatic carbocycles. The van der Waals surface area contributed by atoms with Crippen molar-refractivity contribution in [3.63, 3.8) is 0 Å². The van der Waals surface area contributed by atoms with E-state index in [1.807, 2.05) is 54.6 Å². The molecule has 4 aromatic rings. The lowest BCUT2D eigenvalue weighted by Gasteiger charge is -2.16. The summed E-state index contributed by atoms with van der Waals surface area (Å²) in [5.74, 6) is -1.50. The molecular weight excluding hydrogens is 440 g/mol. The lowest BCUT2D eigenvalue weighted by Crippen LogP contribution is -2.33. The van der Waals surface area contributed by atoms with Gasteiger partial charge in [-0.15, -0.1) is 0 Å². The van der Waals surface area contributed by atoms with E-state index in [0.29, 0.717) is 34.0 Å². The Morgan fingerprint density at radius 1 is 0.857 bits per heavy atom. The van der Waals surface area contributed by atoms with Crippen LogP contribution < -0.4 is 0 Å². The summed E-state index contributed by atoms with van der Waals surface area (Å²) in [5, 5.41) is 0.694. The largest absolute Gasteiger partial charge is 0.440 e. The molecule has 6 rings (SSSR count). The van der Waals surface area contributed by atoms with Crippen LogP contribution in [0.25, 0.3) is 22.6 Å². The first-order chi connectivity index (χ1) is 17.1. The number of rotatable bonds is 4. The summed E-state index contributed by atoms with van der Waals surface area (Å²) in [5.41, 5.74) is 5.53. The van der Waals surface area contributed by atoms with Gasteiger partial charge >= 0.3 is 5.97 Å². The van der Waals surface area contributed by atoms with E-state index in [9.17, 15) is 14.4 Å². The van der Waals surface area contributed by atoms with Crippen LogP contribution in [0, 0.1) is 0 Å². The third-order valence-electron chi connectivity index (χ3n) is 6.49. The van der Waals surface area contributed by atoms with Gasteiger partial charge in [0.05, 0.1) is 27.9 Å². The molecule has 35 heavy (non-hydrogen) atoms. The Morgan fingerprint density at radius 2 is 1.51 bits per heavy atom. The van der Waals surface area contributed by atoms with Gasteiger partial charge in [0.15, 0.2) is 6.73 Å². The predicted molar refractivity (Wildman–Crippen MR) is 132 cm³/mol. The van der Waals surface area contributed by atoms with Crippen molar-refractivity contribution in [2.75, 3.05) is 6.73 Å². The van der Waals surface area contributed by atoms with E-state index in [1.54, 1.807) is 24.3 Å². The van der Waals surface area contributed by atoms with Gasteiger partial charge in [0.1, 0.15) is 0 Å². The Labute approximate surface area is 201 Å². The van der Waals surface area contributed by atoms with Crippen LogP contribution in [0.15, 0.2) is 78.9 Å². The number of fused-ring (bicyclic) bond motifs is 3. The van der Waals surface area contributed by atoms with E-state index in [4.69, 9.17) is 9.72 Å². The van der Waals surface area contributed by atoms with Crippen molar-refractivity contribution < 1.29 is 19.1 Å². The van der Waals surface area contributed by atoms with Crippen LogP contribution >= 0.6 is 0 Å². The number of para-hydroxylation sites is 1. The van der Waals surface area contributed by atoms with Gasteiger partial charge in [-0.2, -0.15) is 0 Å². The maximum Gasteiger partial charge on any atom is 0.340 e. The minimum absolute atomic E-state index is 0.319. The van der Waals surface area contributed by atoms with Gasteiger partial charge in [-0.25, -0.2) is 14.7 Å². The Hall–Kier alpha value is -4.58. The average Bonchev–Trinajstić information content (AvgIpc) is 3.39. The van der Waals surface area contributed by atoms with Crippen molar-refractivity contribution in [2.45, 2.75) is 12.8 Å². The van der Waals surface area contributed by atoms with E-state index in [0.717, 1.165) is 33.7 Å². The smallest absolute Gasteiger partial charge is 0.340 e. The highest BCUT2D eigenvalue weighted by atomic mass is 16.5. The first kappa shape index (κ1) is 21.0. The fraction of sp³-hybridized carbons (Fsp3) is 0.103. The maximum absolute atomic E-state index is 13.4. The first-order valence-corrected chi connectivity index (χ1v) is 11.4. The number of hydrogen-bond acceptors (Lipinski definition) is 5. The summed E-state index contributed by atoms with van der Waals surface area (Å²) in [7, 11) is 0. The summed E-state index contributed by atoms with van der Waals surface area (Å²) in [6.07, 6.45) is 3.51. The third kappa shape index (κ3) is 3.51. The summed E-state index contributed by atoms with van der Waals surface area (Å²) in [6, 6.07) is 24.1. The Bertz CT molecular complexity index is 1520. The van der Waals surface area contributed by atoms with Crippen LogP contribution in [0.3, 0.4) is 0 Å². The molecule has 0 unspecified atom stereocenters. The molecule has 1 aliphatic heterocycles. The number of nitrogens with zero attached hydrogens (tertiary/aromatic N) is 2. The maximum atomic E-state index is 13.4. The van der Waals surface area contributed by atoms with Gasteiger partial charge in [-0.05, 0) is 53.8 Å². The van der Waals surface area contributed by atoms with Gasteiger partial charge in [0, 0.05) is 5.39 Å². The lowest BCUT2D eigenvalue weighted by molar-refractivity contribution is 0.0229. The molecule has 2 heterocycles. The normalized spacial score (nSPS) is 15.5. The fourth-order valence-corrected chi connectivity index (χ4v) is 4.81. The zero-order valence-electron chi connectivity index (χ0n) is 18.7. The summed E-state index contributed by atoms with van der Waals surface area (Å²) >= 11 is 0. The van der Waals surface area contributed by atoms with Gasteiger partial charge < -0.3 is 4.74 Å². The number of ether oxygens (including phenoxy) is 1. The van der Waals surface area contributed by atoms with Crippen molar-refractivity contribution >= 4 is 40.3 Å². The number of benzene rings is 3. The molecule has 0 bridgehead atoms. The van der Waals surface area contributed by atoms with Crippen molar-refractivity contribution in [1.82, 2.24) is 9.88 Å². The number of imide groups is 1. The van der Waals surface area contributed by atoms with Crippen molar-refractivity contribution in [1.29, 1.82) is 0 Å². The molecule has 0 fully saturated rings. The van der Waals surface area contributed by atoms with Crippen molar-refractivity contribution in [3.8, 4) is 0 Å². The Balaban J connectivity index is 1.35. The van der Waals surface area contributed by atoms with Gasteiger partial charge in [-0.3, -0.25) is 9.59 Å². The van der Waals surface area contributed by atoms with Gasteiger partial charge in [-0.1, -0.05) is 60.7 Å². The molecule has 0 N–H and O–H groups in total. The second-order valence-corrected chi connectivity index (χ2v) is 8.56. The number of allylic oxidation sites excluding steroid dienone is 1. The van der Waals surface area contributed by atoms with E-state index in [2.05, 4.69) is 6.08 Å². The van der Waals surface area contributed by atoms with Gasteiger partial charge in [0.25, 0.3) is 11.8 Å². The second kappa shape index (κ2) is 8.33. The molecule has 0 saturated carbocycles. The molecule has 0 saturated heterocycles. The molecule has 1 aliphatic carbocycles. The van der Waals surface area contributed by atoms with Crippen molar-refractivity contribution in [2.24, 2.45) is 0 Å². The van der Waals surface area contributed by atoms with Crippen LogP contribution in [0.4, 0.5) is 0 Å². The molecule has 2 aliphatic rings. The molecule has 6 heteroatoms. The molecular formula is C29H20N2O4. The average molecular weight is 460 g/mol. The lowest BCUT2D eigenvalue weighted by atomic mass is 10.0. The number of esters is 1. The molecule has 0 spiro atoms. The van der Waals surface area contributed by atoms with Crippen molar-refractivity contribution in [3.05, 3.63) is 112 Å². The van der Waals surface area contributed by atoms with E-state index >= 15 is 0 Å². The van der Waals surface area contributed by atoms with Gasteiger partial charge in [0.2, 0.25) is 0 Å². The van der Waals surface area contributed by atoms with Crippen LogP contribution in [0.2, 0.25) is 0 Å². The van der Waals surface area contributed by atoms with Crippen LogP contribution in [0.5, 0.6) is 0 Å². The fourth-order valence-electron chi connectivity index (χ4n) is 4.81. The molecule has 0 atom stereocenters. The molecule has 2 amide bonds. The molecule has 170 valence electrons. The third-order valence-corrected chi connectivity index (χ3v) is 6.49. The number of hydrogen-bond donors (Lipinski definition) is 0. The summed E-state index contributed by atoms with van der Waals surface area (Å²) < 4.78 is 5.57. The van der Waals surface area contributed by atoms with E-state index in [-0.39, 0.29) is 0 Å². The summed E-state index contributed by atoms with van der Waals surface area (Å²) in [6.45, 7) is -0.441. The highest BCUT2D eigenvalue weighted by Crippen LogP contribution is 2.38. The SMILES string of the molecule is O=C(OCN1C(=O)c2ccccc2C1=O)c1c2c(nc3ccccc13)C(=Cc1ccccc1)CC2. The monoisotopic (exact) mass is 460 g/mol.